The van der Waals surface area contributed by atoms with Gasteiger partial charge < -0.3 is 0 Å². The van der Waals surface area contributed by atoms with Crippen molar-refractivity contribution in [2.45, 2.75) is 6.92 Å². The Morgan fingerprint density at radius 1 is 0.520 bits per heavy atom. The van der Waals surface area contributed by atoms with Gasteiger partial charge in [-0.15, -0.1) is 0 Å². The van der Waals surface area contributed by atoms with Crippen LogP contribution >= 0.6 is 0 Å². The molecule has 0 fully saturated rings. The second kappa shape index (κ2) is 5.46. The molecule has 0 unspecified atom stereocenters. The fourth-order valence-corrected chi connectivity index (χ4v) is 3.99. The molecule has 1 aliphatic carbocycles. The van der Waals surface area contributed by atoms with Crippen LogP contribution in [0.4, 0.5) is 0 Å². The summed E-state index contributed by atoms with van der Waals surface area (Å²) in [5.41, 5.74) is 9.36. The van der Waals surface area contributed by atoms with E-state index >= 15 is 0 Å². The van der Waals surface area contributed by atoms with Crippen LogP contribution in [0.5, 0.6) is 0 Å². The summed E-state index contributed by atoms with van der Waals surface area (Å²) < 4.78 is 0. The number of allylic oxidation sites excluding steroid dienone is 1. The number of fused-ring (bicyclic) bond motifs is 4. The Labute approximate surface area is 148 Å². The molecule has 25 heavy (non-hydrogen) atoms. The first kappa shape index (κ1) is 14.2. The number of hydrogen-bond donors (Lipinski definition) is 0. The van der Waals surface area contributed by atoms with Gasteiger partial charge in [0.15, 0.2) is 0 Å². The van der Waals surface area contributed by atoms with Gasteiger partial charge >= 0.3 is 0 Å². The molecule has 0 aromatic heterocycles. The van der Waals surface area contributed by atoms with Crippen molar-refractivity contribution in [1.29, 1.82) is 0 Å². The normalized spacial score (nSPS) is 14.3. The van der Waals surface area contributed by atoms with Gasteiger partial charge in [-0.2, -0.15) is 0 Å². The van der Waals surface area contributed by atoms with Gasteiger partial charge in [-0.3, -0.25) is 0 Å². The number of rotatable bonds is 1. The fraction of sp³-hybridized carbons (Fsp3) is 0.0400. The van der Waals surface area contributed by atoms with Crippen LogP contribution in [0.25, 0.3) is 33.0 Å². The van der Waals surface area contributed by atoms with Crippen LogP contribution in [0, 0.1) is 0 Å². The molecule has 0 heteroatoms. The summed E-state index contributed by atoms with van der Waals surface area (Å²) in [5, 5.41) is 2.60. The molecule has 0 saturated heterocycles. The van der Waals surface area contributed by atoms with Crippen LogP contribution in [0.1, 0.15) is 23.6 Å². The molecule has 5 rings (SSSR count). The van der Waals surface area contributed by atoms with Crippen molar-refractivity contribution < 1.29 is 0 Å². The molecule has 4 aromatic carbocycles. The standard InChI is InChI=1S/C25H18/c1-17(18-9-3-2-4-10-18)25-22-14-8-7-13-21(22)23-15-19-11-5-6-12-20(19)16-24(23)25/h2-16H,1H3/b25-17+. The van der Waals surface area contributed by atoms with E-state index in [2.05, 4.69) is 97.9 Å². The molecule has 0 aliphatic heterocycles. The largest absolute Gasteiger partial charge is 0.0622 e. The molecule has 0 spiro atoms. The van der Waals surface area contributed by atoms with Gasteiger partial charge in [-0.05, 0) is 68.8 Å². The van der Waals surface area contributed by atoms with E-state index in [4.69, 9.17) is 0 Å². The van der Waals surface area contributed by atoms with Crippen LogP contribution in [0.2, 0.25) is 0 Å². The van der Waals surface area contributed by atoms with E-state index in [1.54, 1.807) is 0 Å². The molecule has 0 saturated carbocycles. The average Bonchev–Trinajstić information content (AvgIpc) is 3.00. The van der Waals surface area contributed by atoms with Crippen molar-refractivity contribution in [3.63, 3.8) is 0 Å². The Kier molecular flexibility index (Phi) is 3.11. The maximum Gasteiger partial charge on any atom is -0.00635 e. The molecule has 0 heterocycles. The topological polar surface area (TPSA) is 0 Å². The zero-order valence-corrected chi connectivity index (χ0v) is 14.2. The minimum Gasteiger partial charge on any atom is -0.0622 e. The summed E-state index contributed by atoms with van der Waals surface area (Å²) in [5.74, 6) is 0. The Morgan fingerprint density at radius 3 is 1.80 bits per heavy atom. The molecule has 0 bridgehead atoms. The van der Waals surface area contributed by atoms with Gasteiger partial charge in [0.05, 0.1) is 0 Å². The highest BCUT2D eigenvalue weighted by atomic mass is 14.3. The summed E-state index contributed by atoms with van der Waals surface area (Å²) in [7, 11) is 0. The first-order chi connectivity index (χ1) is 12.3. The first-order valence-corrected chi connectivity index (χ1v) is 8.72. The maximum atomic E-state index is 2.35. The molecule has 0 nitrogen and oxygen atoms in total. The van der Waals surface area contributed by atoms with Crippen molar-refractivity contribution in [3.05, 3.63) is 108 Å². The molecule has 0 radical (unpaired) electrons. The van der Waals surface area contributed by atoms with Crippen molar-refractivity contribution in [1.82, 2.24) is 0 Å². The fourth-order valence-electron chi connectivity index (χ4n) is 3.99. The molecular formula is C25H18. The summed E-state index contributed by atoms with van der Waals surface area (Å²) in [4.78, 5) is 0. The van der Waals surface area contributed by atoms with Crippen LogP contribution < -0.4 is 0 Å². The van der Waals surface area contributed by atoms with Gasteiger partial charge in [0.25, 0.3) is 0 Å². The highest BCUT2D eigenvalue weighted by Crippen LogP contribution is 2.48. The maximum absolute atomic E-state index is 2.35. The lowest BCUT2D eigenvalue weighted by Crippen LogP contribution is -1.88. The third kappa shape index (κ3) is 2.15. The van der Waals surface area contributed by atoms with Gasteiger partial charge in [-0.1, -0.05) is 78.9 Å². The monoisotopic (exact) mass is 318 g/mol. The number of benzene rings is 4. The predicted molar refractivity (Wildman–Crippen MR) is 107 cm³/mol. The molecule has 1 aliphatic rings. The molecule has 0 atom stereocenters. The second-order valence-corrected chi connectivity index (χ2v) is 6.66. The Morgan fingerprint density at radius 2 is 1.08 bits per heavy atom. The van der Waals surface area contributed by atoms with E-state index in [-0.39, 0.29) is 0 Å². The Bertz CT molecular complexity index is 1130. The average molecular weight is 318 g/mol. The predicted octanol–water partition coefficient (Wildman–Crippen LogP) is 6.80. The highest BCUT2D eigenvalue weighted by molar-refractivity contribution is 6.12. The molecular weight excluding hydrogens is 300 g/mol. The van der Waals surface area contributed by atoms with E-state index in [1.807, 2.05) is 0 Å². The van der Waals surface area contributed by atoms with Gasteiger partial charge in [0.2, 0.25) is 0 Å². The summed E-state index contributed by atoms with van der Waals surface area (Å²) in [6.45, 7) is 2.24. The lowest BCUT2D eigenvalue weighted by Gasteiger charge is -2.10. The number of hydrogen-bond acceptors (Lipinski definition) is 0. The van der Waals surface area contributed by atoms with E-state index in [1.165, 1.54) is 49.7 Å². The zero-order valence-electron chi connectivity index (χ0n) is 14.2. The quantitative estimate of drug-likeness (QED) is 0.319. The van der Waals surface area contributed by atoms with E-state index in [0.717, 1.165) is 0 Å². The van der Waals surface area contributed by atoms with E-state index in [0.29, 0.717) is 0 Å². The lowest BCUT2D eigenvalue weighted by molar-refractivity contribution is 1.55. The summed E-state index contributed by atoms with van der Waals surface area (Å²) in [6.07, 6.45) is 0. The van der Waals surface area contributed by atoms with Crippen LogP contribution in [-0.2, 0) is 0 Å². The molecule has 0 N–H and O–H groups in total. The third-order valence-electron chi connectivity index (χ3n) is 5.22. The molecule has 0 amide bonds. The lowest BCUT2D eigenvalue weighted by atomic mass is 9.93. The first-order valence-electron chi connectivity index (χ1n) is 8.72. The Balaban J connectivity index is 1.88. The second-order valence-electron chi connectivity index (χ2n) is 6.66. The highest BCUT2D eigenvalue weighted by Gasteiger charge is 2.25. The van der Waals surface area contributed by atoms with Crippen molar-refractivity contribution in [2.24, 2.45) is 0 Å². The van der Waals surface area contributed by atoms with E-state index < -0.39 is 0 Å². The van der Waals surface area contributed by atoms with Crippen LogP contribution in [0.15, 0.2) is 91.0 Å². The Hall–Kier alpha value is -3.12. The summed E-state index contributed by atoms with van der Waals surface area (Å²) in [6, 6.07) is 32.8. The minimum absolute atomic E-state index is 1.29. The molecule has 4 aromatic rings. The SMILES string of the molecule is C/C(=C1/c2ccccc2-c2cc3ccccc3cc21)c1ccccc1. The van der Waals surface area contributed by atoms with Gasteiger partial charge in [-0.25, -0.2) is 0 Å². The molecule has 118 valence electrons. The van der Waals surface area contributed by atoms with Crippen LogP contribution in [0.3, 0.4) is 0 Å². The minimum atomic E-state index is 1.29. The van der Waals surface area contributed by atoms with Crippen molar-refractivity contribution in [2.75, 3.05) is 0 Å². The van der Waals surface area contributed by atoms with Crippen molar-refractivity contribution in [3.8, 4) is 11.1 Å². The third-order valence-corrected chi connectivity index (χ3v) is 5.22. The van der Waals surface area contributed by atoms with Gasteiger partial charge in [0.1, 0.15) is 0 Å². The van der Waals surface area contributed by atoms with Gasteiger partial charge in [0, 0.05) is 0 Å². The zero-order chi connectivity index (χ0) is 16.8. The summed E-state index contributed by atoms with van der Waals surface area (Å²) >= 11 is 0. The van der Waals surface area contributed by atoms with Crippen molar-refractivity contribution >= 4 is 21.9 Å². The smallest absolute Gasteiger partial charge is 0.00635 e. The van der Waals surface area contributed by atoms with E-state index in [9.17, 15) is 0 Å². The van der Waals surface area contributed by atoms with Crippen LogP contribution in [-0.4, -0.2) is 0 Å².